The van der Waals surface area contributed by atoms with Crippen molar-refractivity contribution >= 4 is 22.8 Å². The first-order valence-corrected chi connectivity index (χ1v) is 8.26. The van der Waals surface area contributed by atoms with E-state index < -0.39 is 0 Å². The van der Waals surface area contributed by atoms with Crippen LogP contribution in [0.25, 0.3) is 11.0 Å². The number of imidazole rings is 1. The summed E-state index contributed by atoms with van der Waals surface area (Å²) >= 11 is 1.64. The zero-order chi connectivity index (χ0) is 16.4. The van der Waals surface area contributed by atoms with Gasteiger partial charge in [0, 0.05) is 11.8 Å². The molecular formula is C17H19N3O2S. The topological polar surface area (TPSA) is 60.0 Å². The SMILES string of the molecule is COc1ccc2nc(SCc3ncc(OC)c(C)c3C)[nH]c2c1. The van der Waals surface area contributed by atoms with Gasteiger partial charge in [-0.25, -0.2) is 4.98 Å². The second kappa shape index (κ2) is 6.50. The number of thioether (sulfide) groups is 1. The van der Waals surface area contributed by atoms with E-state index in [2.05, 4.69) is 28.8 Å². The van der Waals surface area contributed by atoms with Gasteiger partial charge in [-0.1, -0.05) is 11.8 Å². The molecule has 0 atom stereocenters. The molecule has 0 spiro atoms. The molecule has 0 unspecified atom stereocenters. The lowest BCUT2D eigenvalue weighted by Crippen LogP contribution is -1.98. The maximum atomic E-state index is 5.31. The number of rotatable bonds is 5. The van der Waals surface area contributed by atoms with Crippen molar-refractivity contribution in [3.05, 3.63) is 41.2 Å². The summed E-state index contributed by atoms with van der Waals surface area (Å²) in [5, 5.41) is 0.878. The molecule has 0 amide bonds. The smallest absolute Gasteiger partial charge is 0.166 e. The zero-order valence-corrected chi connectivity index (χ0v) is 14.5. The standard InChI is InChI=1S/C17H19N3O2S/c1-10-11(2)16(22-4)8-18-15(10)9-23-17-19-13-6-5-12(21-3)7-14(13)20-17/h5-8H,9H2,1-4H3,(H,19,20). The highest BCUT2D eigenvalue weighted by molar-refractivity contribution is 7.98. The van der Waals surface area contributed by atoms with Gasteiger partial charge in [0.25, 0.3) is 0 Å². The second-order valence-corrected chi connectivity index (χ2v) is 6.20. The van der Waals surface area contributed by atoms with E-state index in [1.54, 1.807) is 32.2 Å². The molecule has 0 saturated carbocycles. The van der Waals surface area contributed by atoms with E-state index in [0.29, 0.717) is 0 Å². The van der Waals surface area contributed by atoms with Gasteiger partial charge >= 0.3 is 0 Å². The Balaban J connectivity index is 1.79. The van der Waals surface area contributed by atoms with Gasteiger partial charge in [-0.15, -0.1) is 0 Å². The van der Waals surface area contributed by atoms with Crippen molar-refractivity contribution < 1.29 is 9.47 Å². The van der Waals surface area contributed by atoms with E-state index in [-0.39, 0.29) is 0 Å². The molecule has 3 rings (SSSR count). The van der Waals surface area contributed by atoms with Crippen LogP contribution in [0.2, 0.25) is 0 Å². The van der Waals surface area contributed by atoms with E-state index in [4.69, 9.17) is 9.47 Å². The van der Waals surface area contributed by atoms with Crippen LogP contribution in [0.1, 0.15) is 16.8 Å². The van der Waals surface area contributed by atoms with Gasteiger partial charge in [-0.3, -0.25) is 4.98 Å². The monoisotopic (exact) mass is 329 g/mol. The number of aromatic amines is 1. The molecule has 23 heavy (non-hydrogen) atoms. The Labute approximate surface area is 139 Å². The molecular weight excluding hydrogens is 310 g/mol. The van der Waals surface area contributed by atoms with Crippen molar-refractivity contribution in [3.63, 3.8) is 0 Å². The van der Waals surface area contributed by atoms with E-state index in [1.165, 1.54) is 0 Å². The van der Waals surface area contributed by atoms with Crippen LogP contribution in [0.5, 0.6) is 11.5 Å². The molecule has 0 aliphatic rings. The van der Waals surface area contributed by atoms with E-state index >= 15 is 0 Å². The van der Waals surface area contributed by atoms with Crippen LogP contribution in [0, 0.1) is 13.8 Å². The van der Waals surface area contributed by atoms with Crippen LogP contribution in [0.15, 0.2) is 29.6 Å². The van der Waals surface area contributed by atoms with Gasteiger partial charge in [0.05, 0.1) is 37.1 Å². The van der Waals surface area contributed by atoms with Gasteiger partial charge in [0.15, 0.2) is 5.16 Å². The minimum atomic E-state index is 0.758. The summed E-state index contributed by atoms with van der Waals surface area (Å²) in [4.78, 5) is 12.4. The lowest BCUT2D eigenvalue weighted by Gasteiger charge is -2.10. The van der Waals surface area contributed by atoms with Crippen LogP contribution >= 0.6 is 11.8 Å². The Bertz CT molecular complexity index is 845. The quantitative estimate of drug-likeness (QED) is 0.720. The number of nitrogens with zero attached hydrogens (tertiary/aromatic N) is 2. The Morgan fingerprint density at radius 1 is 1.13 bits per heavy atom. The number of ether oxygens (including phenoxy) is 2. The van der Waals surface area contributed by atoms with E-state index in [1.807, 2.05) is 18.2 Å². The van der Waals surface area contributed by atoms with Crippen LogP contribution in [0.4, 0.5) is 0 Å². The first-order chi connectivity index (χ1) is 11.1. The molecule has 0 bridgehead atoms. The number of fused-ring (bicyclic) bond motifs is 1. The van der Waals surface area contributed by atoms with Gasteiger partial charge in [-0.2, -0.15) is 0 Å². The maximum absolute atomic E-state index is 5.31. The number of H-pyrrole nitrogens is 1. The fraction of sp³-hybridized carbons (Fsp3) is 0.294. The molecule has 2 aromatic heterocycles. The van der Waals surface area contributed by atoms with Crippen LogP contribution in [-0.4, -0.2) is 29.2 Å². The molecule has 1 aromatic carbocycles. The molecule has 120 valence electrons. The number of hydrogen-bond donors (Lipinski definition) is 1. The molecule has 1 N–H and O–H groups in total. The lowest BCUT2D eigenvalue weighted by atomic mass is 10.1. The van der Waals surface area contributed by atoms with Gasteiger partial charge in [-0.05, 0) is 37.1 Å². The molecule has 0 aliphatic heterocycles. The van der Waals surface area contributed by atoms with Crippen molar-refractivity contribution in [1.82, 2.24) is 15.0 Å². The molecule has 0 fully saturated rings. The number of benzene rings is 1. The average Bonchev–Trinajstić information content (AvgIpc) is 2.98. The fourth-order valence-electron chi connectivity index (χ4n) is 2.38. The number of hydrogen-bond acceptors (Lipinski definition) is 5. The lowest BCUT2D eigenvalue weighted by molar-refractivity contribution is 0.409. The predicted octanol–water partition coefficient (Wildman–Crippen LogP) is 3.88. The van der Waals surface area contributed by atoms with Crippen molar-refractivity contribution in [1.29, 1.82) is 0 Å². The van der Waals surface area contributed by atoms with Crippen molar-refractivity contribution in [2.75, 3.05) is 14.2 Å². The first-order valence-electron chi connectivity index (χ1n) is 7.28. The zero-order valence-electron chi connectivity index (χ0n) is 13.6. The van der Waals surface area contributed by atoms with Gasteiger partial charge in [0.2, 0.25) is 0 Å². The first kappa shape index (κ1) is 15.7. The minimum absolute atomic E-state index is 0.758. The third-order valence-corrected chi connectivity index (χ3v) is 4.82. The molecule has 0 aliphatic carbocycles. The highest BCUT2D eigenvalue weighted by atomic mass is 32.2. The highest BCUT2D eigenvalue weighted by Gasteiger charge is 2.10. The third-order valence-electron chi connectivity index (χ3n) is 3.94. The number of methoxy groups -OCH3 is 2. The summed E-state index contributed by atoms with van der Waals surface area (Å²) in [6.45, 7) is 4.13. The summed E-state index contributed by atoms with van der Waals surface area (Å²) in [5.41, 5.74) is 5.25. The van der Waals surface area contributed by atoms with Crippen LogP contribution in [0.3, 0.4) is 0 Å². The summed E-state index contributed by atoms with van der Waals surface area (Å²) < 4.78 is 10.5. The fourth-order valence-corrected chi connectivity index (χ4v) is 3.29. The van der Waals surface area contributed by atoms with Crippen molar-refractivity contribution in [2.24, 2.45) is 0 Å². The Hall–Kier alpha value is -2.21. The summed E-state index contributed by atoms with van der Waals surface area (Å²) in [7, 11) is 3.33. The Morgan fingerprint density at radius 3 is 2.70 bits per heavy atom. The number of pyridine rings is 1. The summed E-state index contributed by atoms with van der Waals surface area (Å²) in [5.74, 6) is 2.40. The number of nitrogens with one attached hydrogen (secondary N) is 1. The number of aromatic nitrogens is 3. The predicted molar refractivity (Wildman–Crippen MR) is 92.5 cm³/mol. The van der Waals surface area contributed by atoms with Crippen LogP contribution < -0.4 is 9.47 Å². The largest absolute Gasteiger partial charge is 0.497 e. The average molecular weight is 329 g/mol. The summed E-state index contributed by atoms with van der Waals surface area (Å²) in [6.07, 6.45) is 1.78. The molecule has 6 heteroatoms. The van der Waals surface area contributed by atoms with Gasteiger partial charge < -0.3 is 14.5 Å². The Morgan fingerprint density at radius 2 is 1.96 bits per heavy atom. The molecule has 0 radical (unpaired) electrons. The molecule has 5 nitrogen and oxygen atoms in total. The maximum Gasteiger partial charge on any atom is 0.166 e. The molecule has 3 aromatic rings. The third kappa shape index (κ3) is 3.12. The molecule has 0 saturated heterocycles. The highest BCUT2D eigenvalue weighted by Crippen LogP contribution is 2.28. The second-order valence-electron chi connectivity index (χ2n) is 5.24. The van der Waals surface area contributed by atoms with Gasteiger partial charge in [0.1, 0.15) is 11.5 Å². The normalized spacial score (nSPS) is 11.0. The summed E-state index contributed by atoms with van der Waals surface area (Å²) in [6, 6.07) is 5.82. The molecule has 2 heterocycles. The minimum Gasteiger partial charge on any atom is -0.497 e. The van der Waals surface area contributed by atoms with E-state index in [0.717, 1.165) is 50.3 Å². The van der Waals surface area contributed by atoms with Crippen LogP contribution in [-0.2, 0) is 5.75 Å². The Kier molecular flexibility index (Phi) is 4.43. The van der Waals surface area contributed by atoms with Crippen molar-refractivity contribution in [2.45, 2.75) is 24.8 Å². The van der Waals surface area contributed by atoms with Crippen molar-refractivity contribution in [3.8, 4) is 11.5 Å². The van der Waals surface area contributed by atoms with E-state index in [9.17, 15) is 0 Å².